The molecule has 0 N–H and O–H groups in total. The maximum Gasteiger partial charge on any atom is 0.196 e. The molecule has 1 atom stereocenters. The number of carbonyl (C=O) groups is 1. The fourth-order valence-corrected chi connectivity index (χ4v) is 3.44. The Kier molecular flexibility index (Phi) is 2.75. The lowest BCUT2D eigenvalue weighted by Gasteiger charge is -2.32. The summed E-state index contributed by atoms with van der Waals surface area (Å²) in [5.41, 5.74) is 0. The van der Waals surface area contributed by atoms with E-state index in [4.69, 9.17) is 4.42 Å². The Bertz CT molecular complexity index is 491. The quantitative estimate of drug-likeness (QED) is 0.716. The van der Waals surface area contributed by atoms with Gasteiger partial charge in [-0.15, -0.1) is 0 Å². The molecule has 1 aromatic rings. The van der Waals surface area contributed by atoms with E-state index >= 15 is 0 Å². The van der Waals surface area contributed by atoms with E-state index in [-0.39, 0.29) is 23.3 Å². The number of nitrogens with zero attached hydrogens (tertiary/aromatic N) is 1. The van der Waals surface area contributed by atoms with Crippen molar-refractivity contribution in [1.29, 1.82) is 0 Å². The monoisotopic (exact) mass is 243 g/mol. The molecule has 1 aromatic heterocycles. The molecule has 0 saturated carbocycles. The minimum absolute atomic E-state index is 0.121. The SMILES string of the molecule is CC1CS(=O)(=O)CCN1c1ccc(C=O)o1. The van der Waals surface area contributed by atoms with Gasteiger partial charge in [-0.1, -0.05) is 0 Å². The number of carbonyl (C=O) groups excluding carboxylic acids is 1. The Hall–Kier alpha value is -1.30. The van der Waals surface area contributed by atoms with Crippen molar-refractivity contribution in [2.75, 3.05) is 23.0 Å². The van der Waals surface area contributed by atoms with Crippen LogP contribution in [-0.2, 0) is 9.84 Å². The molecule has 1 saturated heterocycles. The first-order chi connectivity index (χ1) is 7.52. The van der Waals surface area contributed by atoms with Gasteiger partial charge in [0, 0.05) is 18.7 Å². The summed E-state index contributed by atoms with van der Waals surface area (Å²) in [6.07, 6.45) is 0.634. The van der Waals surface area contributed by atoms with Gasteiger partial charge < -0.3 is 9.32 Å². The van der Waals surface area contributed by atoms with Crippen molar-refractivity contribution in [3.05, 3.63) is 17.9 Å². The van der Waals surface area contributed by atoms with Crippen LogP contribution < -0.4 is 4.90 Å². The van der Waals surface area contributed by atoms with E-state index in [2.05, 4.69) is 0 Å². The summed E-state index contributed by atoms with van der Waals surface area (Å²) in [6.45, 7) is 2.25. The first-order valence-corrected chi connectivity index (χ1v) is 6.86. The Labute approximate surface area is 94.0 Å². The van der Waals surface area contributed by atoms with Gasteiger partial charge in [0.15, 0.2) is 27.8 Å². The molecule has 2 heterocycles. The van der Waals surface area contributed by atoms with Crippen molar-refractivity contribution in [3.8, 4) is 0 Å². The Morgan fingerprint density at radius 1 is 1.50 bits per heavy atom. The molecule has 2 rings (SSSR count). The number of sulfone groups is 1. The number of aldehydes is 1. The van der Waals surface area contributed by atoms with Crippen LogP contribution in [0.3, 0.4) is 0 Å². The van der Waals surface area contributed by atoms with Crippen LogP contribution in [0.2, 0.25) is 0 Å². The van der Waals surface area contributed by atoms with Gasteiger partial charge in [-0.3, -0.25) is 4.79 Å². The van der Waals surface area contributed by atoms with Crippen LogP contribution in [0.5, 0.6) is 0 Å². The third-order valence-electron chi connectivity index (χ3n) is 2.68. The van der Waals surface area contributed by atoms with Crippen LogP contribution in [0.25, 0.3) is 0 Å². The Balaban J connectivity index is 2.20. The summed E-state index contributed by atoms with van der Waals surface area (Å²) in [5.74, 6) is 1.08. The van der Waals surface area contributed by atoms with Gasteiger partial charge in [0.1, 0.15) is 0 Å². The van der Waals surface area contributed by atoms with Crippen molar-refractivity contribution in [1.82, 2.24) is 0 Å². The topological polar surface area (TPSA) is 67.6 Å². The fraction of sp³-hybridized carbons (Fsp3) is 0.500. The maximum absolute atomic E-state index is 11.4. The molecule has 1 fully saturated rings. The predicted octanol–water partition coefficient (Wildman–Crippen LogP) is 0.715. The van der Waals surface area contributed by atoms with Crippen molar-refractivity contribution >= 4 is 22.0 Å². The summed E-state index contributed by atoms with van der Waals surface area (Å²) < 4.78 is 28.0. The van der Waals surface area contributed by atoms with Gasteiger partial charge in [0.05, 0.1) is 11.5 Å². The summed E-state index contributed by atoms with van der Waals surface area (Å²) in [5, 5.41) is 0. The summed E-state index contributed by atoms with van der Waals surface area (Å²) in [4.78, 5) is 12.3. The zero-order valence-electron chi connectivity index (χ0n) is 8.92. The van der Waals surface area contributed by atoms with E-state index in [1.165, 1.54) is 0 Å². The fourth-order valence-electron chi connectivity index (χ4n) is 1.89. The van der Waals surface area contributed by atoms with E-state index in [0.29, 0.717) is 18.7 Å². The molecule has 16 heavy (non-hydrogen) atoms. The minimum atomic E-state index is -2.92. The standard InChI is InChI=1S/C10H13NO4S/c1-8-7-16(13,14)5-4-11(8)10-3-2-9(6-12)15-10/h2-3,6,8H,4-5,7H2,1H3. The predicted molar refractivity (Wildman–Crippen MR) is 59.6 cm³/mol. The molecule has 1 aliphatic rings. The first-order valence-electron chi connectivity index (χ1n) is 5.04. The molecular weight excluding hydrogens is 230 g/mol. The van der Waals surface area contributed by atoms with Gasteiger partial charge >= 0.3 is 0 Å². The van der Waals surface area contributed by atoms with E-state index < -0.39 is 9.84 Å². The Morgan fingerprint density at radius 3 is 2.81 bits per heavy atom. The summed E-state index contributed by atoms with van der Waals surface area (Å²) >= 11 is 0. The van der Waals surface area contributed by atoms with Crippen molar-refractivity contribution in [2.45, 2.75) is 13.0 Å². The van der Waals surface area contributed by atoms with E-state index in [0.717, 1.165) is 0 Å². The molecule has 88 valence electrons. The van der Waals surface area contributed by atoms with Gasteiger partial charge in [-0.05, 0) is 13.0 Å². The highest BCUT2D eigenvalue weighted by Crippen LogP contribution is 2.23. The van der Waals surface area contributed by atoms with Crippen LogP contribution in [0.1, 0.15) is 17.5 Å². The van der Waals surface area contributed by atoms with E-state index in [1.807, 2.05) is 11.8 Å². The third kappa shape index (κ3) is 2.11. The van der Waals surface area contributed by atoms with Crippen LogP contribution in [0, 0.1) is 0 Å². The number of anilines is 1. The van der Waals surface area contributed by atoms with Crippen molar-refractivity contribution < 1.29 is 17.6 Å². The normalized spacial score (nSPS) is 24.3. The lowest BCUT2D eigenvalue weighted by Crippen LogP contribution is -2.46. The molecule has 0 radical (unpaired) electrons. The molecule has 0 amide bonds. The smallest absolute Gasteiger partial charge is 0.196 e. The van der Waals surface area contributed by atoms with Crippen LogP contribution >= 0.6 is 0 Å². The molecule has 0 aliphatic carbocycles. The number of furan rings is 1. The lowest BCUT2D eigenvalue weighted by molar-refractivity contribution is 0.110. The highest BCUT2D eigenvalue weighted by molar-refractivity contribution is 7.91. The van der Waals surface area contributed by atoms with Crippen LogP contribution in [0.15, 0.2) is 16.5 Å². The maximum atomic E-state index is 11.4. The molecule has 1 aliphatic heterocycles. The van der Waals surface area contributed by atoms with Gasteiger partial charge in [-0.25, -0.2) is 8.42 Å². The van der Waals surface area contributed by atoms with E-state index in [1.54, 1.807) is 12.1 Å². The zero-order chi connectivity index (χ0) is 11.8. The highest BCUT2D eigenvalue weighted by atomic mass is 32.2. The second kappa shape index (κ2) is 3.93. The zero-order valence-corrected chi connectivity index (χ0v) is 9.74. The van der Waals surface area contributed by atoms with Gasteiger partial charge in [-0.2, -0.15) is 0 Å². The molecule has 0 bridgehead atoms. The minimum Gasteiger partial charge on any atom is -0.438 e. The molecule has 0 spiro atoms. The second-order valence-corrected chi connectivity index (χ2v) is 6.18. The largest absolute Gasteiger partial charge is 0.438 e. The van der Waals surface area contributed by atoms with Crippen molar-refractivity contribution in [2.24, 2.45) is 0 Å². The van der Waals surface area contributed by atoms with Crippen molar-refractivity contribution in [3.63, 3.8) is 0 Å². The average Bonchev–Trinajstić information content (AvgIpc) is 2.64. The molecule has 5 nitrogen and oxygen atoms in total. The third-order valence-corrected chi connectivity index (χ3v) is 4.48. The molecule has 6 heteroatoms. The van der Waals surface area contributed by atoms with E-state index in [9.17, 15) is 13.2 Å². The molecular formula is C10H13NO4S. The highest BCUT2D eigenvalue weighted by Gasteiger charge is 2.29. The summed E-state index contributed by atoms with van der Waals surface area (Å²) in [7, 11) is -2.92. The molecule has 1 unspecified atom stereocenters. The van der Waals surface area contributed by atoms with Gasteiger partial charge in [0.25, 0.3) is 0 Å². The number of hydrogen-bond acceptors (Lipinski definition) is 5. The number of rotatable bonds is 2. The average molecular weight is 243 g/mol. The second-order valence-electron chi connectivity index (χ2n) is 3.95. The first kappa shape index (κ1) is 11.2. The van der Waals surface area contributed by atoms with Gasteiger partial charge in [0.2, 0.25) is 0 Å². The van der Waals surface area contributed by atoms with Crippen LogP contribution in [-0.4, -0.2) is 38.8 Å². The molecule has 0 aromatic carbocycles. The van der Waals surface area contributed by atoms with Crippen LogP contribution in [0.4, 0.5) is 5.88 Å². The number of hydrogen-bond donors (Lipinski definition) is 0. The lowest BCUT2D eigenvalue weighted by atomic mass is 10.3. The summed E-state index contributed by atoms with van der Waals surface area (Å²) in [6, 6.07) is 3.15. The Morgan fingerprint density at radius 2 is 2.25 bits per heavy atom.